The van der Waals surface area contributed by atoms with Gasteiger partial charge in [-0.15, -0.1) is 0 Å². The molecule has 21 heavy (non-hydrogen) atoms. The van der Waals surface area contributed by atoms with Crippen LogP contribution in [0.25, 0.3) is 11.0 Å². The highest BCUT2D eigenvalue weighted by Gasteiger charge is 2.08. The van der Waals surface area contributed by atoms with E-state index in [1.807, 2.05) is 18.2 Å². The molecule has 2 N–H and O–H groups in total. The molecule has 0 saturated carbocycles. The lowest BCUT2D eigenvalue weighted by Gasteiger charge is -2.09. The van der Waals surface area contributed by atoms with Crippen molar-refractivity contribution in [2.75, 3.05) is 6.54 Å². The van der Waals surface area contributed by atoms with Crippen LogP contribution in [0, 0.1) is 6.92 Å². The van der Waals surface area contributed by atoms with Crippen LogP contribution >= 0.6 is 11.8 Å². The highest BCUT2D eigenvalue weighted by Crippen LogP contribution is 2.30. The third-order valence-electron chi connectivity index (χ3n) is 3.36. The average molecular weight is 297 g/mol. The van der Waals surface area contributed by atoms with E-state index in [1.54, 1.807) is 11.8 Å². The molecule has 0 atom stereocenters. The number of aromatic amines is 1. The van der Waals surface area contributed by atoms with E-state index < -0.39 is 0 Å². The van der Waals surface area contributed by atoms with Crippen LogP contribution in [0.3, 0.4) is 0 Å². The number of aromatic nitrogens is 2. The molecule has 1 heterocycles. The number of fused-ring (bicyclic) bond motifs is 1. The second-order valence-corrected chi connectivity index (χ2v) is 6.08. The minimum atomic E-state index is 0.890. The molecule has 0 radical (unpaired) electrons. The molecule has 0 fully saturated rings. The molecule has 0 bridgehead atoms. The third kappa shape index (κ3) is 3.28. The first-order chi connectivity index (χ1) is 10.3. The number of hydrogen-bond donors (Lipinski definition) is 2. The smallest absolute Gasteiger partial charge is 0.171 e. The Balaban J connectivity index is 1.89. The van der Waals surface area contributed by atoms with Gasteiger partial charge in [-0.2, -0.15) is 0 Å². The number of imidazole rings is 1. The van der Waals surface area contributed by atoms with Gasteiger partial charge >= 0.3 is 0 Å². The predicted molar refractivity (Wildman–Crippen MR) is 88.8 cm³/mol. The predicted octanol–water partition coefficient (Wildman–Crippen LogP) is 4.13. The molecule has 108 valence electrons. The van der Waals surface area contributed by atoms with Crippen molar-refractivity contribution in [1.29, 1.82) is 0 Å². The lowest BCUT2D eigenvalue weighted by molar-refractivity contribution is 0.717. The van der Waals surface area contributed by atoms with Crippen LogP contribution < -0.4 is 5.32 Å². The largest absolute Gasteiger partial charge is 0.333 e. The van der Waals surface area contributed by atoms with Crippen LogP contribution in [0.4, 0.5) is 0 Å². The van der Waals surface area contributed by atoms with E-state index in [2.05, 4.69) is 53.4 Å². The van der Waals surface area contributed by atoms with Crippen LogP contribution in [-0.2, 0) is 6.54 Å². The third-order valence-corrected chi connectivity index (χ3v) is 4.36. The van der Waals surface area contributed by atoms with Crippen molar-refractivity contribution >= 4 is 22.8 Å². The van der Waals surface area contributed by atoms with Gasteiger partial charge in [0.05, 0.1) is 11.0 Å². The van der Waals surface area contributed by atoms with E-state index in [0.717, 1.165) is 29.3 Å². The molecule has 0 amide bonds. The van der Waals surface area contributed by atoms with E-state index in [0.29, 0.717) is 0 Å². The summed E-state index contributed by atoms with van der Waals surface area (Å²) in [7, 11) is 0. The van der Waals surface area contributed by atoms with Gasteiger partial charge in [-0.05, 0) is 37.2 Å². The number of benzene rings is 2. The average Bonchev–Trinajstić information content (AvgIpc) is 2.89. The van der Waals surface area contributed by atoms with Crippen molar-refractivity contribution in [2.45, 2.75) is 30.4 Å². The topological polar surface area (TPSA) is 40.7 Å². The lowest BCUT2D eigenvalue weighted by Crippen LogP contribution is -2.12. The molecule has 3 nitrogen and oxygen atoms in total. The fraction of sp³-hybridized carbons (Fsp3) is 0.235. The fourth-order valence-corrected chi connectivity index (χ4v) is 3.20. The SMILES string of the molecule is CCNCc1cc(C)ccc1Sc1nc2ccccc2[nH]1. The second-order valence-electron chi connectivity index (χ2n) is 5.05. The number of nitrogens with zero attached hydrogens (tertiary/aromatic N) is 1. The molecule has 1 aromatic heterocycles. The first kappa shape index (κ1) is 14.2. The van der Waals surface area contributed by atoms with Crippen LogP contribution in [0.2, 0.25) is 0 Å². The monoisotopic (exact) mass is 297 g/mol. The van der Waals surface area contributed by atoms with Crippen molar-refractivity contribution < 1.29 is 0 Å². The molecule has 3 rings (SSSR count). The fourth-order valence-electron chi connectivity index (χ4n) is 2.29. The Morgan fingerprint density at radius 1 is 1.19 bits per heavy atom. The Bertz CT molecular complexity index is 716. The minimum Gasteiger partial charge on any atom is -0.333 e. The van der Waals surface area contributed by atoms with E-state index >= 15 is 0 Å². The molecule has 3 aromatic rings. The maximum Gasteiger partial charge on any atom is 0.171 e. The van der Waals surface area contributed by atoms with Crippen molar-refractivity contribution in [1.82, 2.24) is 15.3 Å². The summed E-state index contributed by atoms with van der Waals surface area (Å²) in [6.45, 7) is 6.12. The molecule has 0 aliphatic heterocycles. The van der Waals surface area contributed by atoms with Gasteiger partial charge in [0.2, 0.25) is 0 Å². The number of para-hydroxylation sites is 2. The Morgan fingerprint density at radius 2 is 2.05 bits per heavy atom. The number of H-pyrrole nitrogens is 1. The van der Waals surface area contributed by atoms with Crippen LogP contribution in [0.15, 0.2) is 52.5 Å². The summed E-state index contributed by atoms with van der Waals surface area (Å²) in [4.78, 5) is 9.26. The van der Waals surface area contributed by atoms with Crippen molar-refractivity contribution in [3.05, 3.63) is 53.6 Å². The van der Waals surface area contributed by atoms with Crippen molar-refractivity contribution in [2.24, 2.45) is 0 Å². The van der Waals surface area contributed by atoms with Gasteiger partial charge in [-0.3, -0.25) is 0 Å². The van der Waals surface area contributed by atoms with E-state index in [9.17, 15) is 0 Å². The van der Waals surface area contributed by atoms with Crippen LogP contribution in [0.1, 0.15) is 18.1 Å². The van der Waals surface area contributed by atoms with Crippen LogP contribution in [-0.4, -0.2) is 16.5 Å². The minimum absolute atomic E-state index is 0.890. The number of rotatable bonds is 5. The summed E-state index contributed by atoms with van der Waals surface area (Å²) < 4.78 is 0. The van der Waals surface area contributed by atoms with Gasteiger partial charge in [0.15, 0.2) is 5.16 Å². The van der Waals surface area contributed by atoms with Gasteiger partial charge in [0.25, 0.3) is 0 Å². The van der Waals surface area contributed by atoms with Crippen molar-refractivity contribution in [3.63, 3.8) is 0 Å². The van der Waals surface area contributed by atoms with Gasteiger partial charge in [0.1, 0.15) is 0 Å². The molecule has 2 aromatic carbocycles. The summed E-state index contributed by atoms with van der Waals surface area (Å²) in [6, 6.07) is 14.7. The Morgan fingerprint density at radius 3 is 2.86 bits per heavy atom. The standard InChI is InChI=1S/C17H19N3S/c1-3-18-11-13-10-12(2)8-9-16(13)21-17-19-14-6-4-5-7-15(14)20-17/h4-10,18H,3,11H2,1-2H3,(H,19,20). The number of aryl methyl sites for hydroxylation is 1. The number of nitrogens with one attached hydrogen (secondary N) is 2. The molecular weight excluding hydrogens is 278 g/mol. The summed E-state index contributed by atoms with van der Waals surface area (Å²) in [6.07, 6.45) is 0. The first-order valence-electron chi connectivity index (χ1n) is 7.19. The highest BCUT2D eigenvalue weighted by molar-refractivity contribution is 7.99. The maximum atomic E-state index is 4.64. The van der Waals surface area contributed by atoms with Gasteiger partial charge in [-0.25, -0.2) is 4.98 Å². The Hall–Kier alpha value is -1.78. The van der Waals surface area contributed by atoms with Gasteiger partial charge in [0, 0.05) is 11.4 Å². The summed E-state index contributed by atoms with van der Waals surface area (Å²) in [5, 5.41) is 4.34. The zero-order chi connectivity index (χ0) is 14.7. The van der Waals surface area contributed by atoms with Gasteiger partial charge in [-0.1, -0.05) is 48.5 Å². The Kier molecular flexibility index (Phi) is 4.27. The summed E-state index contributed by atoms with van der Waals surface area (Å²) in [5.74, 6) is 0. The van der Waals surface area contributed by atoms with Gasteiger partial charge < -0.3 is 10.3 Å². The normalized spacial score (nSPS) is 11.1. The number of hydrogen-bond acceptors (Lipinski definition) is 3. The maximum absolute atomic E-state index is 4.64. The molecule has 0 saturated heterocycles. The van der Waals surface area contributed by atoms with E-state index in [1.165, 1.54) is 16.0 Å². The lowest BCUT2D eigenvalue weighted by atomic mass is 10.1. The van der Waals surface area contributed by atoms with E-state index in [4.69, 9.17) is 0 Å². The molecule has 4 heteroatoms. The quantitative estimate of drug-likeness (QED) is 0.744. The summed E-state index contributed by atoms with van der Waals surface area (Å²) >= 11 is 1.69. The second kappa shape index (κ2) is 6.33. The molecular formula is C17H19N3S. The molecule has 0 aliphatic rings. The van der Waals surface area contributed by atoms with E-state index in [-0.39, 0.29) is 0 Å². The highest BCUT2D eigenvalue weighted by atomic mass is 32.2. The zero-order valence-corrected chi connectivity index (χ0v) is 13.1. The van der Waals surface area contributed by atoms with Crippen molar-refractivity contribution in [3.8, 4) is 0 Å². The Labute approximate surface area is 129 Å². The van der Waals surface area contributed by atoms with Crippen LogP contribution in [0.5, 0.6) is 0 Å². The summed E-state index contributed by atoms with van der Waals surface area (Å²) in [5.41, 5.74) is 4.71. The zero-order valence-electron chi connectivity index (χ0n) is 12.3. The molecule has 0 aliphatic carbocycles. The molecule has 0 spiro atoms. The molecule has 0 unspecified atom stereocenters. The first-order valence-corrected chi connectivity index (χ1v) is 8.01.